The zero-order chi connectivity index (χ0) is 12.6. The third-order valence-electron chi connectivity index (χ3n) is 2.08. The highest BCUT2D eigenvalue weighted by Gasteiger charge is 2.17. The molecule has 0 unspecified atom stereocenters. The molecule has 0 N–H and O–H groups in total. The van der Waals surface area contributed by atoms with Gasteiger partial charge in [-0.1, -0.05) is 11.6 Å². The maximum atomic E-state index is 13.3. The number of benzene rings is 1. The Bertz CT molecular complexity index is 597. The Morgan fingerprint density at radius 1 is 1.35 bits per heavy atom. The molecule has 0 aliphatic rings. The van der Waals surface area contributed by atoms with E-state index in [0.29, 0.717) is 9.35 Å². The second-order valence-electron chi connectivity index (χ2n) is 3.18. The predicted molar refractivity (Wildman–Crippen MR) is 74.6 cm³/mol. The standard InChI is InChI=1S/C11H4Br2ClFOS/c12-6-4-17-11(9(6)13)10(16)5-1-2-7(14)8(15)3-5/h1-4H. The van der Waals surface area contributed by atoms with Gasteiger partial charge < -0.3 is 0 Å². The topological polar surface area (TPSA) is 17.1 Å². The van der Waals surface area contributed by atoms with Gasteiger partial charge in [-0.25, -0.2) is 4.39 Å². The zero-order valence-electron chi connectivity index (χ0n) is 8.14. The molecule has 6 heteroatoms. The van der Waals surface area contributed by atoms with Crippen LogP contribution in [0.25, 0.3) is 0 Å². The van der Waals surface area contributed by atoms with Crippen molar-refractivity contribution in [1.29, 1.82) is 0 Å². The number of hydrogen-bond acceptors (Lipinski definition) is 2. The van der Waals surface area contributed by atoms with Crippen molar-refractivity contribution in [2.24, 2.45) is 0 Å². The molecule has 0 amide bonds. The number of thiophene rings is 1. The van der Waals surface area contributed by atoms with Crippen molar-refractivity contribution in [1.82, 2.24) is 0 Å². The van der Waals surface area contributed by atoms with Gasteiger partial charge in [-0.3, -0.25) is 4.79 Å². The van der Waals surface area contributed by atoms with Gasteiger partial charge in [-0.05, 0) is 50.1 Å². The maximum absolute atomic E-state index is 13.3. The second kappa shape index (κ2) is 5.18. The smallest absolute Gasteiger partial charge is 0.204 e. The van der Waals surface area contributed by atoms with Crippen LogP contribution in [0, 0.1) is 5.82 Å². The summed E-state index contributed by atoms with van der Waals surface area (Å²) in [6.45, 7) is 0. The molecule has 17 heavy (non-hydrogen) atoms. The SMILES string of the molecule is O=C(c1ccc(Cl)c(F)c1)c1scc(Br)c1Br. The molecule has 0 aliphatic carbocycles. The summed E-state index contributed by atoms with van der Waals surface area (Å²) in [5.74, 6) is -0.826. The maximum Gasteiger partial charge on any atom is 0.204 e. The van der Waals surface area contributed by atoms with Crippen molar-refractivity contribution in [3.63, 3.8) is 0 Å². The highest BCUT2D eigenvalue weighted by atomic mass is 79.9. The van der Waals surface area contributed by atoms with Gasteiger partial charge in [0.2, 0.25) is 5.78 Å². The molecule has 1 aromatic heterocycles. The van der Waals surface area contributed by atoms with Crippen LogP contribution in [0.5, 0.6) is 0 Å². The molecule has 2 rings (SSSR count). The van der Waals surface area contributed by atoms with Gasteiger partial charge in [0.15, 0.2) is 0 Å². The normalized spacial score (nSPS) is 10.6. The predicted octanol–water partition coefficient (Wildman–Crippen LogP) is 5.30. The Balaban J connectivity index is 2.44. The number of carbonyl (C=O) groups is 1. The van der Waals surface area contributed by atoms with Gasteiger partial charge in [0, 0.05) is 15.4 Å². The molecule has 1 aromatic carbocycles. The summed E-state index contributed by atoms with van der Waals surface area (Å²) in [5.41, 5.74) is 0.280. The highest BCUT2D eigenvalue weighted by Crippen LogP contribution is 2.34. The number of halogens is 4. The van der Waals surface area contributed by atoms with Crippen molar-refractivity contribution in [3.8, 4) is 0 Å². The van der Waals surface area contributed by atoms with Crippen LogP contribution in [0.3, 0.4) is 0 Å². The van der Waals surface area contributed by atoms with E-state index in [2.05, 4.69) is 31.9 Å². The van der Waals surface area contributed by atoms with E-state index in [9.17, 15) is 9.18 Å². The zero-order valence-corrected chi connectivity index (χ0v) is 12.9. The summed E-state index contributed by atoms with van der Waals surface area (Å²) >= 11 is 13.5. The Morgan fingerprint density at radius 2 is 2.06 bits per heavy atom. The van der Waals surface area contributed by atoms with Crippen LogP contribution >= 0.6 is 54.8 Å². The fourth-order valence-electron chi connectivity index (χ4n) is 1.24. The minimum absolute atomic E-state index is 0.00739. The summed E-state index contributed by atoms with van der Waals surface area (Å²) in [7, 11) is 0. The molecular formula is C11H4Br2ClFOS. The minimum atomic E-state index is -0.593. The number of carbonyl (C=O) groups excluding carboxylic acids is 1. The quantitative estimate of drug-likeness (QED) is 0.628. The molecule has 2 aromatic rings. The van der Waals surface area contributed by atoms with Gasteiger partial charge in [0.05, 0.1) is 14.4 Å². The number of ketones is 1. The fraction of sp³-hybridized carbons (Fsp3) is 0. The third kappa shape index (κ3) is 2.62. The molecular weight excluding hydrogens is 394 g/mol. The molecule has 88 valence electrons. The van der Waals surface area contributed by atoms with Crippen molar-refractivity contribution in [2.45, 2.75) is 0 Å². The lowest BCUT2D eigenvalue weighted by molar-refractivity contribution is 0.104. The van der Waals surface area contributed by atoms with Crippen molar-refractivity contribution >= 4 is 60.6 Å². The van der Waals surface area contributed by atoms with Gasteiger partial charge in [-0.2, -0.15) is 0 Å². The highest BCUT2D eigenvalue weighted by molar-refractivity contribution is 9.13. The van der Waals surface area contributed by atoms with E-state index in [1.165, 1.54) is 23.5 Å². The lowest BCUT2D eigenvalue weighted by Crippen LogP contribution is -2.00. The molecule has 0 radical (unpaired) electrons. The summed E-state index contributed by atoms with van der Waals surface area (Å²) in [6.07, 6.45) is 0. The van der Waals surface area contributed by atoms with Crippen LogP contribution in [-0.4, -0.2) is 5.78 Å². The van der Waals surface area contributed by atoms with E-state index in [4.69, 9.17) is 11.6 Å². The van der Waals surface area contributed by atoms with Crippen molar-refractivity contribution in [3.05, 3.63) is 53.8 Å². The molecule has 0 saturated carbocycles. The second-order valence-corrected chi connectivity index (χ2v) is 6.12. The van der Waals surface area contributed by atoms with Crippen molar-refractivity contribution < 1.29 is 9.18 Å². The Kier molecular flexibility index (Phi) is 4.02. The molecule has 0 atom stereocenters. The minimum Gasteiger partial charge on any atom is -0.288 e. The van der Waals surface area contributed by atoms with E-state index >= 15 is 0 Å². The summed E-state index contributed by atoms with van der Waals surface area (Å²) < 4.78 is 14.7. The molecule has 0 aliphatic heterocycles. The first-order valence-corrected chi connectivity index (χ1v) is 7.27. The first kappa shape index (κ1) is 13.2. The van der Waals surface area contributed by atoms with Crippen molar-refractivity contribution in [2.75, 3.05) is 0 Å². The third-order valence-corrected chi connectivity index (χ3v) is 5.91. The van der Waals surface area contributed by atoms with E-state index in [0.717, 1.165) is 10.5 Å². The van der Waals surface area contributed by atoms with Gasteiger partial charge >= 0.3 is 0 Å². The largest absolute Gasteiger partial charge is 0.288 e. The molecule has 1 heterocycles. The number of hydrogen-bond donors (Lipinski definition) is 0. The van der Waals surface area contributed by atoms with Crippen LogP contribution in [0.15, 0.2) is 32.5 Å². The Hall–Kier alpha value is -0.230. The van der Waals surface area contributed by atoms with Crippen LogP contribution in [-0.2, 0) is 0 Å². The van der Waals surface area contributed by atoms with Gasteiger partial charge in [0.1, 0.15) is 5.82 Å². The average Bonchev–Trinajstić information content (AvgIpc) is 2.63. The van der Waals surface area contributed by atoms with Crippen LogP contribution < -0.4 is 0 Å². The first-order valence-electron chi connectivity index (χ1n) is 4.43. The lowest BCUT2D eigenvalue weighted by atomic mass is 10.1. The summed E-state index contributed by atoms with van der Waals surface area (Å²) in [5, 5.41) is 1.80. The van der Waals surface area contributed by atoms with E-state index in [1.54, 1.807) is 5.38 Å². The van der Waals surface area contributed by atoms with E-state index < -0.39 is 5.82 Å². The van der Waals surface area contributed by atoms with Gasteiger partial charge in [0.25, 0.3) is 0 Å². The van der Waals surface area contributed by atoms with E-state index in [-0.39, 0.29) is 16.4 Å². The lowest BCUT2D eigenvalue weighted by Gasteiger charge is -2.01. The number of rotatable bonds is 2. The van der Waals surface area contributed by atoms with Crippen LogP contribution in [0.4, 0.5) is 4.39 Å². The average molecular weight is 398 g/mol. The molecule has 0 bridgehead atoms. The molecule has 1 nitrogen and oxygen atoms in total. The first-order chi connectivity index (χ1) is 8.00. The Morgan fingerprint density at radius 3 is 2.59 bits per heavy atom. The van der Waals surface area contributed by atoms with Crippen LogP contribution in [0.2, 0.25) is 5.02 Å². The molecule has 0 fully saturated rings. The van der Waals surface area contributed by atoms with Crippen LogP contribution in [0.1, 0.15) is 15.2 Å². The molecule has 0 saturated heterocycles. The van der Waals surface area contributed by atoms with E-state index in [1.807, 2.05) is 0 Å². The summed E-state index contributed by atoms with van der Waals surface area (Å²) in [4.78, 5) is 12.6. The molecule has 0 spiro atoms. The van der Waals surface area contributed by atoms with Gasteiger partial charge in [-0.15, -0.1) is 11.3 Å². The Labute approximate surface area is 123 Å². The fourth-order valence-corrected chi connectivity index (χ4v) is 3.48. The monoisotopic (exact) mass is 396 g/mol. The summed E-state index contributed by atoms with van der Waals surface area (Å²) in [6, 6.07) is 4.03.